The van der Waals surface area contributed by atoms with E-state index in [0.29, 0.717) is 0 Å². The summed E-state index contributed by atoms with van der Waals surface area (Å²) in [6.45, 7) is 0. The van der Waals surface area contributed by atoms with E-state index in [4.69, 9.17) is 4.42 Å². The van der Waals surface area contributed by atoms with Crippen LogP contribution in [0.5, 0.6) is 0 Å². The molecular formula is C52H32O. The Morgan fingerprint density at radius 3 is 1.43 bits per heavy atom. The van der Waals surface area contributed by atoms with Crippen molar-refractivity contribution >= 4 is 65.0 Å². The van der Waals surface area contributed by atoms with E-state index in [9.17, 15) is 0 Å². The standard InChI is InChI=1S/C52H32O/c1-2-16-35-33(14-1)15-13-26-38(35)39-18-5-6-21-42(39)51-43-22-7-9-24-45(43)52(46-25-10-8-23-44(46)51)47-30-29-36(37-17-3-4-19-40(37)47)34-28-31-50-48(32-34)41-20-11-12-27-49(41)53-50/h1-32H. The van der Waals surface area contributed by atoms with E-state index in [1.54, 1.807) is 0 Å². The maximum Gasteiger partial charge on any atom is 0.135 e. The molecule has 0 atom stereocenters. The van der Waals surface area contributed by atoms with Crippen LogP contribution in [0.2, 0.25) is 0 Å². The fourth-order valence-corrected chi connectivity index (χ4v) is 8.77. The van der Waals surface area contributed by atoms with Crippen LogP contribution in [0.15, 0.2) is 199 Å². The summed E-state index contributed by atoms with van der Waals surface area (Å²) in [5.41, 5.74) is 11.7. The summed E-state index contributed by atoms with van der Waals surface area (Å²) in [6, 6.07) is 70.7. The molecule has 1 heteroatoms. The maximum absolute atomic E-state index is 6.18. The van der Waals surface area contributed by atoms with Crippen molar-refractivity contribution in [3.05, 3.63) is 194 Å². The van der Waals surface area contributed by atoms with Crippen LogP contribution in [0, 0.1) is 0 Å². The van der Waals surface area contributed by atoms with Crippen LogP contribution in [0.25, 0.3) is 110 Å². The number of furan rings is 1. The first-order chi connectivity index (χ1) is 26.3. The van der Waals surface area contributed by atoms with E-state index in [1.807, 2.05) is 12.1 Å². The Morgan fingerprint density at radius 1 is 0.245 bits per heavy atom. The molecule has 0 radical (unpaired) electrons. The zero-order valence-electron chi connectivity index (χ0n) is 28.9. The summed E-state index contributed by atoms with van der Waals surface area (Å²) in [5.74, 6) is 0. The molecule has 10 aromatic carbocycles. The normalized spacial score (nSPS) is 11.8. The van der Waals surface area contributed by atoms with E-state index in [1.165, 1.54) is 87.6 Å². The van der Waals surface area contributed by atoms with Gasteiger partial charge >= 0.3 is 0 Å². The van der Waals surface area contributed by atoms with E-state index in [0.717, 1.165) is 21.9 Å². The van der Waals surface area contributed by atoms with Crippen LogP contribution in [-0.2, 0) is 0 Å². The Kier molecular flexibility index (Phi) is 6.62. The van der Waals surface area contributed by atoms with Gasteiger partial charge in [-0.15, -0.1) is 0 Å². The second-order valence-corrected chi connectivity index (χ2v) is 13.9. The highest BCUT2D eigenvalue weighted by atomic mass is 16.3. The van der Waals surface area contributed by atoms with Crippen LogP contribution in [-0.4, -0.2) is 0 Å². The predicted molar refractivity (Wildman–Crippen MR) is 225 cm³/mol. The number of hydrogen-bond acceptors (Lipinski definition) is 1. The molecule has 11 aromatic rings. The van der Waals surface area contributed by atoms with Crippen LogP contribution in [0.1, 0.15) is 0 Å². The zero-order chi connectivity index (χ0) is 34.9. The molecule has 53 heavy (non-hydrogen) atoms. The Bertz CT molecular complexity index is 3170. The average Bonchev–Trinajstić information content (AvgIpc) is 3.60. The van der Waals surface area contributed by atoms with Gasteiger partial charge in [-0.05, 0) is 106 Å². The minimum absolute atomic E-state index is 0.913. The second-order valence-electron chi connectivity index (χ2n) is 13.9. The highest BCUT2D eigenvalue weighted by molar-refractivity contribution is 6.25. The van der Waals surface area contributed by atoms with Crippen molar-refractivity contribution in [1.82, 2.24) is 0 Å². The van der Waals surface area contributed by atoms with Crippen molar-refractivity contribution in [3.63, 3.8) is 0 Å². The van der Waals surface area contributed by atoms with Crippen molar-refractivity contribution in [3.8, 4) is 44.5 Å². The van der Waals surface area contributed by atoms with E-state index in [-0.39, 0.29) is 0 Å². The summed E-state index contributed by atoms with van der Waals surface area (Å²) in [5, 5.41) is 12.3. The van der Waals surface area contributed by atoms with Gasteiger partial charge in [-0.1, -0.05) is 176 Å². The summed E-state index contributed by atoms with van der Waals surface area (Å²) in [4.78, 5) is 0. The fraction of sp³-hybridized carbons (Fsp3) is 0. The average molecular weight is 673 g/mol. The van der Waals surface area contributed by atoms with Gasteiger partial charge in [0.1, 0.15) is 11.2 Å². The molecule has 11 rings (SSSR count). The first-order valence-corrected chi connectivity index (χ1v) is 18.3. The molecule has 246 valence electrons. The van der Waals surface area contributed by atoms with Gasteiger partial charge in [-0.2, -0.15) is 0 Å². The lowest BCUT2D eigenvalue weighted by Gasteiger charge is -2.21. The summed E-state index contributed by atoms with van der Waals surface area (Å²) < 4.78 is 6.18. The number of benzene rings is 10. The Labute approximate surface area is 307 Å². The lowest BCUT2D eigenvalue weighted by Crippen LogP contribution is -1.94. The first kappa shape index (κ1) is 29.7. The number of rotatable bonds is 4. The van der Waals surface area contributed by atoms with E-state index >= 15 is 0 Å². The van der Waals surface area contributed by atoms with Crippen molar-refractivity contribution in [2.24, 2.45) is 0 Å². The van der Waals surface area contributed by atoms with Gasteiger partial charge in [0.25, 0.3) is 0 Å². The Hall–Kier alpha value is -6.96. The van der Waals surface area contributed by atoms with Gasteiger partial charge in [0.15, 0.2) is 0 Å². The molecule has 0 fully saturated rings. The van der Waals surface area contributed by atoms with Gasteiger partial charge in [-0.25, -0.2) is 0 Å². The first-order valence-electron chi connectivity index (χ1n) is 18.3. The molecule has 1 heterocycles. The highest BCUT2D eigenvalue weighted by Gasteiger charge is 2.21. The second kappa shape index (κ2) is 11.8. The van der Waals surface area contributed by atoms with Gasteiger partial charge < -0.3 is 4.42 Å². The highest BCUT2D eigenvalue weighted by Crippen LogP contribution is 2.48. The SMILES string of the molecule is c1ccc(-c2c3ccccc3c(-c3ccc(-c4ccc5oc6ccccc6c5c4)c4ccccc34)c3ccccc23)c(-c2cccc3ccccc23)c1. The monoisotopic (exact) mass is 672 g/mol. The van der Waals surface area contributed by atoms with Crippen molar-refractivity contribution < 1.29 is 4.42 Å². The van der Waals surface area contributed by atoms with Gasteiger partial charge in [0.2, 0.25) is 0 Å². The minimum atomic E-state index is 0.913. The molecule has 1 nitrogen and oxygen atoms in total. The Morgan fingerprint density at radius 2 is 0.717 bits per heavy atom. The molecule has 0 amide bonds. The third-order valence-corrected chi connectivity index (χ3v) is 11.1. The molecule has 0 aliphatic heterocycles. The van der Waals surface area contributed by atoms with Crippen molar-refractivity contribution in [2.75, 3.05) is 0 Å². The molecule has 0 saturated carbocycles. The molecule has 0 spiro atoms. The smallest absolute Gasteiger partial charge is 0.135 e. The van der Waals surface area contributed by atoms with Crippen molar-refractivity contribution in [2.45, 2.75) is 0 Å². The molecule has 1 aromatic heterocycles. The fourth-order valence-electron chi connectivity index (χ4n) is 8.77. The number of hydrogen-bond donors (Lipinski definition) is 0. The minimum Gasteiger partial charge on any atom is -0.456 e. The van der Waals surface area contributed by atoms with Crippen molar-refractivity contribution in [1.29, 1.82) is 0 Å². The molecule has 0 saturated heterocycles. The van der Waals surface area contributed by atoms with Gasteiger partial charge in [0, 0.05) is 10.8 Å². The molecule has 0 aliphatic carbocycles. The molecule has 0 aliphatic rings. The maximum atomic E-state index is 6.18. The largest absolute Gasteiger partial charge is 0.456 e. The lowest BCUT2D eigenvalue weighted by molar-refractivity contribution is 0.669. The topological polar surface area (TPSA) is 13.1 Å². The number of para-hydroxylation sites is 1. The molecule has 0 N–H and O–H groups in total. The zero-order valence-corrected chi connectivity index (χ0v) is 28.9. The van der Waals surface area contributed by atoms with E-state index in [2.05, 4.69) is 182 Å². The third kappa shape index (κ3) is 4.58. The summed E-state index contributed by atoms with van der Waals surface area (Å²) >= 11 is 0. The van der Waals surface area contributed by atoms with Gasteiger partial charge in [0.05, 0.1) is 0 Å². The lowest BCUT2D eigenvalue weighted by atomic mass is 9.82. The van der Waals surface area contributed by atoms with Crippen LogP contribution in [0.3, 0.4) is 0 Å². The molecular weight excluding hydrogens is 641 g/mol. The number of fused-ring (bicyclic) bond motifs is 7. The Balaban J connectivity index is 1.18. The van der Waals surface area contributed by atoms with E-state index < -0.39 is 0 Å². The summed E-state index contributed by atoms with van der Waals surface area (Å²) in [7, 11) is 0. The summed E-state index contributed by atoms with van der Waals surface area (Å²) in [6.07, 6.45) is 0. The van der Waals surface area contributed by atoms with Crippen LogP contribution in [0.4, 0.5) is 0 Å². The quantitative estimate of drug-likeness (QED) is 0.170. The third-order valence-electron chi connectivity index (χ3n) is 11.1. The van der Waals surface area contributed by atoms with Crippen LogP contribution >= 0.6 is 0 Å². The molecule has 0 bridgehead atoms. The van der Waals surface area contributed by atoms with Gasteiger partial charge in [-0.3, -0.25) is 0 Å². The van der Waals surface area contributed by atoms with Crippen LogP contribution < -0.4 is 0 Å². The predicted octanol–water partition coefficient (Wildman–Crippen LogP) is 14.9. The molecule has 0 unspecified atom stereocenters.